The molecular weight excluding hydrogens is 380 g/mol. The minimum absolute atomic E-state index is 0.110. The van der Waals surface area contributed by atoms with E-state index in [2.05, 4.69) is 0 Å². The highest BCUT2D eigenvalue weighted by Gasteiger charge is 2.22. The molecule has 152 valence electrons. The molecule has 0 saturated carbocycles. The molecule has 0 aliphatic carbocycles. The van der Waals surface area contributed by atoms with Gasteiger partial charge in [-0.2, -0.15) is 0 Å². The lowest BCUT2D eigenvalue weighted by molar-refractivity contribution is -0.385. The summed E-state index contributed by atoms with van der Waals surface area (Å²) in [7, 11) is 2.87. The first-order valence-electron chi connectivity index (χ1n) is 8.87. The van der Waals surface area contributed by atoms with Crippen molar-refractivity contribution in [3.8, 4) is 11.3 Å². The molecule has 0 radical (unpaired) electrons. The van der Waals surface area contributed by atoms with Crippen LogP contribution in [0.2, 0.25) is 0 Å². The Hall–Kier alpha value is -3.69. The summed E-state index contributed by atoms with van der Waals surface area (Å²) in [5.41, 5.74) is 0.305. The monoisotopic (exact) mass is 400 g/mol. The van der Waals surface area contributed by atoms with E-state index in [1.54, 1.807) is 26.0 Å². The van der Waals surface area contributed by atoms with E-state index in [1.807, 2.05) is 0 Å². The van der Waals surface area contributed by atoms with E-state index in [9.17, 15) is 24.5 Å². The van der Waals surface area contributed by atoms with Gasteiger partial charge < -0.3 is 9.30 Å². The van der Waals surface area contributed by atoms with Crippen molar-refractivity contribution >= 4 is 22.6 Å². The summed E-state index contributed by atoms with van der Waals surface area (Å²) in [5, 5.41) is 11.6. The summed E-state index contributed by atoms with van der Waals surface area (Å²) in [4.78, 5) is 48.2. The van der Waals surface area contributed by atoms with Crippen molar-refractivity contribution < 1.29 is 14.5 Å². The first-order valence-corrected chi connectivity index (χ1v) is 8.87. The highest BCUT2D eigenvalue weighted by atomic mass is 16.6. The molecule has 0 amide bonds. The molecule has 3 aromatic rings. The molecule has 0 unspecified atom stereocenters. The molecule has 29 heavy (non-hydrogen) atoms. The molecule has 0 aliphatic rings. The number of rotatable bonds is 5. The van der Waals surface area contributed by atoms with E-state index in [0.29, 0.717) is 22.3 Å². The van der Waals surface area contributed by atoms with Crippen molar-refractivity contribution in [3.05, 3.63) is 60.9 Å². The maximum Gasteiger partial charge on any atom is 0.330 e. The molecule has 2 heterocycles. The van der Waals surface area contributed by atoms with Crippen LogP contribution in [0.5, 0.6) is 0 Å². The maximum absolute atomic E-state index is 12.9. The van der Waals surface area contributed by atoms with Crippen LogP contribution in [-0.2, 0) is 30.2 Å². The second kappa shape index (κ2) is 7.38. The Labute approximate surface area is 164 Å². The van der Waals surface area contributed by atoms with Crippen LogP contribution >= 0.6 is 0 Å². The van der Waals surface area contributed by atoms with Gasteiger partial charge in [-0.25, -0.2) is 4.79 Å². The number of esters is 1. The molecule has 0 spiro atoms. The van der Waals surface area contributed by atoms with Gasteiger partial charge in [-0.1, -0.05) is 12.1 Å². The smallest absolute Gasteiger partial charge is 0.330 e. The summed E-state index contributed by atoms with van der Waals surface area (Å²) in [6.45, 7) is 3.26. The minimum Gasteiger partial charge on any atom is -0.465 e. The molecule has 3 rings (SSSR count). The summed E-state index contributed by atoms with van der Waals surface area (Å²) in [5.74, 6) is -0.530. The van der Waals surface area contributed by atoms with Gasteiger partial charge in [0.2, 0.25) is 0 Å². The summed E-state index contributed by atoms with van der Waals surface area (Å²) in [6, 6.07) is 4.58. The van der Waals surface area contributed by atoms with Crippen LogP contribution < -0.4 is 11.2 Å². The van der Waals surface area contributed by atoms with Crippen LogP contribution in [-0.4, -0.2) is 31.2 Å². The predicted octanol–water partition coefficient (Wildman–Crippen LogP) is 1.49. The standard InChI is InChI=1S/C19H20N4O6/c1-5-29-15(24)10-22-9-14-16(18(25)21(4)19(26)20(14)3)17(22)12-7-6-11(2)13(8-12)23(27)28/h6-9H,5,10H2,1-4H3. The van der Waals surface area contributed by atoms with E-state index in [-0.39, 0.29) is 24.2 Å². The van der Waals surface area contributed by atoms with E-state index >= 15 is 0 Å². The van der Waals surface area contributed by atoms with Crippen LogP contribution in [0.25, 0.3) is 22.2 Å². The molecule has 2 aromatic heterocycles. The number of ether oxygens (including phenoxy) is 1. The van der Waals surface area contributed by atoms with Gasteiger partial charge in [-0.15, -0.1) is 0 Å². The number of aromatic nitrogens is 3. The Kier molecular flexibility index (Phi) is 5.10. The maximum atomic E-state index is 12.9. The third-order valence-corrected chi connectivity index (χ3v) is 4.80. The van der Waals surface area contributed by atoms with Crippen LogP contribution in [0.4, 0.5) is 5.69 Å². The molecule has 0 saturated heterocycles. The first kappa shape index (κ1) is 20.1. The SMILES string of the molecule is CCOC(=O)Cn1cc2c(c1-c1ccc(C)c([N+](=O)[O-])c1)c(=O)n(C)c(=O)n2C. The third-order valence-electron chi connectivity index (χ3n) is 4.80. The number of hydrogen-bond donors (Lipinski definition) is 0. The molecule has 1 aromatic carbocycles. The fourth-order valence-corrected chi connectivity index (χ4v) is 3.32. The lowest BCUT2D eigenvalue weighted by atomic mass is 10.1. The highest BCUT2D eigenvalue weighted by molar-refractivity contribution is 5.94. The quantitative estimate of drug-likeness (QED) is 0.364. The lowest BCUT2D eigenvalue weighted by Gasteiger charge is -2.10. The number of nitro benzene ring substituents is 1. The first-order chi connectivity index (χ1) is 13.7. The van der Waals surface area contributed by atoms with Gasteiger partial charge in [-0.3, -0.25) is 28.8 Å². The van der Waals surface area contributed by atoms with Gasteiger partial charge >= 0.3 is 11.7 Å². The number of nitrogens with zero attached hydrogens (tertiary/aromatic N) is 4. The van der Waals surface area contributed by atoms with Crippen LogP contribution in [0.15, 0.2) is 34.0 Å². The summed E-state index contributed by atoms with van der Waals surface area (Å²) < 4.78 is 8.74. The number of benzene rings is 1. The molecule has 0 N–H and O–H groups in total. The fourth-order valence-electron chi connectivity index (χ4n) is 3.32. The third kappa shape index (κ3) is 3.33. The Bertz CT molecular complexity index is 1260. The van der Waals surface area contributed by atoms with Crippen molar-refractivity contribution in [1.82, 2.24) is 13.7 Å². The minimum atomic E-state index is -0.552. The highest BCUT2D eigenvalue weighted by Crippen LogP contribution is 2.32. The van der Waals surface area contributed by atoms with E-state index in [0.717, 1.165) is 4.57 Å². The second-order valence-corrected chi connectivity index (χ2v) is 6.64. The summed E-state index contributed by atoms with van der Waals surface area (Å²) >= 11 is 0. The molecule has 0 atom stereocenters. The Morgan fingerprint density at radius 2 is 1.90 bits per heavy atom. The average Bonchev–Trinajstić information content (AvgIpc) is 3.04. The van der Waals surface area contributed by atoms with Crippen molar-refractivity contribution in [2.45, 2.75) is 20.4 Å². The molecule has 10 nitrogen and oxygen atoms in total. The second-order valence-electron chi connectivity index (χ2n) is 6.64. The van der Waals surface area contributed by atoms with Crippen molar-refractivity contribution in [1.29, 1.82) is 0 Å². The van der Waals surface area contributed by atoms with E-state index in [4.69, 9.17) is 4.74 Å². The number of hydrogen-bond acceptors (Lipinski definition) is 6. The number of nitro groups is 1. The molecule has 0 bridgehead atoms. The zero-order valence-corrected chi connectivity index (χ0v) is 16.5. The Balaban J connectivity index is 2.41. The van der Waals surface area contributed by atoms with Crippen molar-refractivity contribution in [2.75, 3.05) is 6.61 Å². The van der Waals surface area contributed by atoms with Crippen LogP contribution in [0.3, 0.4) is 0 Å². The largest absolute Gasteiger partial charge is 0.465 e. The van der Waals surface area contributed by atoms with Crippen molar-refractivity contribution in [2.24, 2.45) is 14.1 Å². The fraction of sp³-hybridized carbons (Fsp3) is 0.316. The van der Waals surface area contributed by atoms with Crippen molar-refractivity contribution in [3.63, 3.8) is 0 Å². The normalized spacial score (nSPS) is 11.0. The zero-order chi connectivity index (χ0) is 21.5. The van der Waals surface area contributed by atoms with E-state index < -0.39 is 22.1 Å². The number of carbonyl (C=O) groups is 1. The van der Waals surface area contributed by atoms with E-state index in [1.165, 1.54) is 35.5 Å². The number of carbonyl (C=O) groups excluding carboxylic acids is 1. The van der Waals surface area contributed by atoms with Gasteiger partial charge in [-0.05, 0) is 13.8 Å². The molecule has 0 aliphatic heterocycles. The number of aryl methyl sites for hydroxylation is 2. The lowest BCUT2D eigenvalue weighted by Crippen LogP contribution is -2.36. The molecule has 10 heteroatoms. The van der Waals surface area contributed by atoms with Gasteiger partial charge in [0.1, 0.15) is 6.54 Å². The van der Waals surface area contributed by atoms with Crippen LogP contribution in [0, 0.1) is 17.0 Å². The van der Waals surface area contributed by atoms with Gasteiger partial charge in [0.25, 0.3) is 11.2 Å². The predicted molar refractivity (Wildman–Crippen MR) is 106 cm³/mol. The molecule has 0 fully saturated rings. The summed E-state index contributed by atoms with van der Waals surface area (Å²) in [6.07, 6.45) is 1.51. The van der Waals surface area contributed by atoms with Gasteiger partial charge in [0.15, 0.2) is 0 Å². The Morgan fingerprint density at radius 3 is 2.52 bits per heavy atom. The average molecular weight is 400 g/mol. The topological polar surface area (TPSA) is 118 Å². The van der Waals surface area contributed by atoms with Crippen LogP contribution in [0.1, 0.15) is 12.5 Å². The zero-order valence-electron chi connectivity index (χ0n) is 16.5. The van der Waals surface area contributed by atoms with Gasteiger partial charge in [0.05, 0.1) is 28.1 Å². The number of fused-ring (bicyclic) bond motifs is 1. The molecular formula is C19H20N4O6. The Morgan fingerprint density at radius 1 is 1.21 bits per heavy atom. The van der Waals surface area contributed by atoms with Gasteiger partial charge in [0, 0.05) is 37.5 Å².